The summed E-state index contributed by atoms with van der Waals surface area (Å²) in [4.78, 5) is 28.9. The summed E-state index contributed by atoms with van der Waals surface area (Å²) in [5.74, 6) is -0.586. The molecule has 0 spiro atoms. The maximum atomic E-state index is 12.0. The van der Waals surface area contributed by atoms with Crippen molar-refractivity contribution in [2.45, 2.75) is 26.9 Å². The Bertz CT molecular complexity index is 1430. The van der Waals surface area contributed by atoms with Gasteiger partial charge >= 0.3 is 11.9 Å². The van der Waals surface area contributed by atoms with Crippen LogP contribution < -0.4 is 9.80 Å². The maximum absolute atomic E-state index is 12.0. The van der Waals surface area contributed by atoms with E-state index < -0.39 is 0 Å². The molecule has 6 nitrogen and oxygen atoms in total. The number of hydrogen-bond acceptors (Lipinski definition) is 6. The number of esters is 2. The molecule has 2 aliphatic rings. The molecule has 2 aliphatic heterocycles. The van der Waals surface area contributed by atoms with Crippen LogP contribution in [0.25, 0.3) is 22.3 Å². The van der Waals surface area contributed by atoms with Crippen LogP contribution in [0.1, 0.15) is 45.7 Å². The van der Waals surface area contributed by atoms with Crippen LogP contribution in [0.2, 0.25) is 0 Å². The number of nitrogens with zero attached hydrogens (tertiary/aromatic N) is 2. The Kier molecular flexibility index (Phi) is 6.53. The summed E-state index contributed by atoms with van der Waals surface area (Å²) in [5, 5.41) is 0. The van der Waals surface area contributed by atoms with Crippen LogP contribution in [0.4, 0.5) is 11.4 Å². The molecule has 0 aliphatic carbocycles. The first kappa shape index (κ1) is 24.7. The van der Waals surface area contributed by atoms with Gasteiger partial charge in [0.15, 0.2) is 0 Å². The van der Waals surface area contributed by atoms with Gasteiger partial charge in [0.05, 0.1) is 31.0 Å². The van der Waals surface area contributed by atoms with Gasteiger partial charge in [-0.15, -0.1) is 0 Å². The van der Waals surface area contributed by atoms with E-state index in [0.717, 1.165) is 42.0 Å². The minimum Gasteiger partial charge on any atom is -0.462 e. The number of fused-ring (bicyclic) bond motifs is 6. The molecule has 0 saturated carbocycles. The van der Waals surface area contributed by atoms with Crippen LogP contribution in [0.3, 0.4) is 0 Å². The second kappa shape index (κ2) is 10.3. The summed E-state index contributed by atoms with van der Waals surface area (Å²) in [6.45, 7) is 6.89. The minimum absolute atomic E-state index is 0.293. The number of carbonyl (C=O) groups excluding carboxylic acids is 2. The Labute approximate surface area is 228 Å². The molecule has 2 heterocycles. The zero-order valence-electron chi connectivity index (χ0n) is 22.1. The third kappa shape index (κ3) is 4.74. The van der Waals surface area contributed by atoms with Crippen LogP contribution in [-0.4, -0.2) is 31.8 Å². The SMILES string of the molecule is CCOC(=O)c1ccc(-c2ccc3c(c2)CN2CN3Cc3cc(-c4ccc(C(=O)OCC)cc4)ccc32)cc1. The monoisotopic (exact) mass is 518 g/mol. The molecule has 2 bridgehead atoms. The topological polar surface area (TPSA) is 59.1 Å². The van der Waals surface area contributed by atoms with E-state index in [2.05, 4.69) is 46.2 Å². The molecule has 0 fully saturated rings. The average molecular weight is 519 g/mol. The summed E-state index contributed by atoms with van der Waals surface area (Å²) in [5.41, 5.74) is 10.6. The molecule has 0 amide bonds. The average Bonchev–Trinajstić information content (AvgIpc) is 2.97. The van der Waals surface area contributed by atoms with Crippen molar-refractivity contribution in [3.8, 4) is 22.3 Å². The van der Waals surface area contributed by atoms with Crippen LogP contribution in [0, 0.1) is 0 Å². The van der Waals surface area contributed by atoms with Gasteiger partial charge in [-0.25, -0.2) is 9.59 Å². The summed E-state index contributed by atoms with van der Waals surface area (Å²) in [6.07, 6.45) is 0. The molecule has 0 radical (unpaired) electrons. The lowest BCUT2D eigenvalue weighted by atomic mass is 9.95. The molecule has 0 unspecified atom stereocenters. The Morgan fingerprint density at radius 2 is 0.974 bits per heavy atom. The molecule has 196 valence electrons. The number of hydrogen-bond donors (Lipinski definition) is 0. The lowest BCUT2D eigenvalue weighted by molar-refractivity contribution is 0.0517. The van der Waals surface area contributed by atoms with Gasteiger partial charge in [0, 0.05) is 24.5 Å². The molecule has 4 aromatic carbocycles. The van der Waals surface area contributed by atoms with Gasteiger partial charge in [-0.1, -0.05) is 36.4 Å². The lowest BCUT2D eigenvalue weighted by Gasteiger charge is -2.45. The summed E-state index contributed by atoms with van der Waals surface area (Å²) in [7, 11) is 0. The van der Waals surface area contributed by atoms with Crippen molar-refractivity contribution in [2.75, 3.05) is 29.7 Å². The molecule has 0 saturated heterocycles. The normalized spacial score (nSPS) is 13.4. The van der Waals surface area contributed by atoms with E-state index in [-0.39, 0.29) is 11.9 Å². The van der Waals surface area contributed by atoms with Gasteiger partial charge in [0.2, 0.25) is 0 Å². The van der Waals surface area contributed by atoms with Gasteiger partial charge in [-0.3, -0.25) is 0 Å². The second-order valence-electron chi connectivity index (χ2n) is 9.82. The summed E-state index contributed by atoms with van der Waals surface area (Å²) < 4.78 is 10.2. The van der Waals surface area contributed by atoms with Gasteiger partial charge in [-0.2, -0.15) is 0 Å². The largest absolute Gasteiger partial charge is 0.462 e. The first-order chi connectivity index (χ1) is 19.0. The lowest BCUT2D eigenvalue weighted by Crippen LogP contribution is -2.46. The van der Waals surface area contributed by atoms with Crippen molar-refractivity contribution in [3.63, 3.8) is 0 Å². The molecule has 6 rings (SSSR count). The fraction of sp³-hybridized carbons (Fsp3) is 0.212. The highest BCUT2D eigenvalue weighted by Gasteiger charge is 2.29. The molecule has 0 aromatic heterocycles. The molecule has 0 N–H and O–H groups in total. The van der Waals surface area contributed by atoms with E-state index in [9.17, 15) is 9.59 Å². The Balaban J connectivity index is 1.23. The highest BCUT2D eigenvalue weighted by Crippen LogP contribution is 2.40. The molecule has 6 heteroatoms. The number of anilines is 2. The van der Waals surface area contributed by atoms with Gasteiger partial charge < -0.3 is 19.3 Å². The summed E-state index contributed by atoms with van der Waals surface area (Å²) >= 11 is 0. The number of ether oxygens (including phenoxy) is 2. The van der Waals surface area contributed by atoms with Crippen molar-refractivity contribution in [2.24, 2.45) is 0 Å². The smallest absolute Gasteiger partial charge is 0.338 e. The molecular formula is C33H30N2O4. The Morgan fingerprint density at radius 3 is 1.36 bits per heavy atom. The first-order valence-corrected chi connectivity index (χ1v) is 13.3. The van der Waals surface area contributed by atoms with E-state index in [1.165, 1.54) is 22.5 Å². The van der Waals surface area contributed by atoms with Gasteiger partial charge in [0.1, 0.15) is 0 Å². The maximum Gasteiger partial charge on any atom is 0.338 e. The molecule has 0 atom stereocenters. The van der Waals surface area contributed by atoms with Crippen molar-refractivity contribution in [1.29, 1.82) is 0 Å². The third-order valence-electron chi connectivity index (χ3n) is 7.36. The fourth-order valence-electron chi connectivity index (χ4n) is 5.47. The van der Waals surface area contributed by atoms with E-state index in [1.54, 1.807) is 0 Å². The predicted molar refractivity (Wildman–Crippen MR) is 153 cm³/mol. The molecule has 4 aromatic rings. The summed E-state index contributed by atoms with van der Waals surface area (Å²) in [6, 6.07) is 28.5. The van der Waals surface area contributed by atoms with Crippen molar-refractivity contribution < 1.29 is 19.1 Å². The number of carbonyl (C=O) groups is 2. The predicted octanol–water partition coefficient (Wildman–Crippen LogP) is 6.67. The van der Waals surface area contributed by atoms with Crippen LogP contribution in [-0.2, 0) is 22.6 Å². The highest BCUT2D eigenvalue weighted by atomic mass is 16.5. The van der Waals surface area contributed by atoms with E-state index in [4.69, 9.17) is 9.47 Å². The number of benzene rings is 4. The molecule has 39 heavy (non-hydrogen) atoms. The van der Waals surface area contributed by atoms with E-state index in [0.29, 0.717) is 24.3 Å². The van der Waals surface area contributed by atoms with E-state index >= 15 is 0 Å². The zero-order valence-corrected chi connectivity index (χ0v) is 22.1. The Hall–Kier alpha value is -4.58. The minimum atomic E-state index is -0.293. The van der Waals surface area contributed by atoms with Crippen molar-refractivity contribution in [3.05, 3.63) is 107 Å². The first-order valence-electron chi connectivity index (χ1n) is 13.3. The fourth-order valence-corrected chi connectivity index (χ4v) is 5.47. The van der Waals surface area contributed by atoms with Crippen LogP contribution in [0.15, 0.2) is 84.9 Å². The Morgan fingerprint density at radius 1 is 0.590 bits per heavy atom. The van der Waals surface area contributed by atoms with Gasteiger partial charge in [-0.05, 0) is 95.8 Å². The van der Waals surface area contributed by atoms with Crippen molar-refractivity contribution in [1.82, 2.24) is 0 Å². The van der Waals surface area contributed by atoms with Crippen LogP contribution in [0.5, 0.6) is 0 Å². The van der Waals surface area contributed by atoms with Gasteiger partial charge in [0.25, 0.3) is 0 Å². The van der Waals surface area contributed by atoms with Crippen LogP contribution >= 0.6 is 0 Å². The standard InChI is InChI=1S/C33H30N2O4/c1-3-38-32(36)24-9-5-22(6-10-24)26-13-15-30-28(17-26)19-34-21-35(30)20-29-18-27(14-16-31(29)34)23-7-11-25(12-8-23)33(37)39-4-2/h5-18H,3-4,19-21H2,1-2H3. The second-order valence-corrected chi connectivity index (χ2v) is 9.82. The van der Waals surface area contributed by atoms with Crippen molar-refractivity contribution >= 4 is 23.3 Å². The highest BCUT2D eigenvalue weighted by molar-refractivity contribution is 5.91. The number of rotatable bonds is 6. The third-order valence-corrected chi connectivity index (χ3v) is 7.36. The quantitative estimate of drug-likeness (QED) is 0.266. The van der Waals surface area contributed by atoms with E-state index in [1.807, 2.05) is 62.4 Å². The zero-order chi connectivity index (χ0) is 26.9. The molecular weight excluding hydrogens is 488 g/mol.